The lowest BCUT2D eigenvalue weighted by atomic mass is 9.94. The Hall–Kier alpha value is -0.610. The van der Waals surface area contributed by atoms with Gasteiger partial charge in [0.1, 0.15) is 0 Å². The van der Waals surface area contributed by atoms with Gasteiger partial charge in [0.2, 0.25) is 5.91 Å². The topological polar surface area (TPSA) is 35.6 Å². The Labute approximate surface area is 104 Å². The van der Waals surface area contributed by atoms with Crippen LogP contribution in [0.1, 0.15) is 32.1 Å². The number of carbonyl (C=O) groups is 1. The van der Waals surface area contributed by atoms with E-state index in [9.17, 15) is 4.79 Å². The SMILES string of the molecule is CN1CCNC(C(=O)N(C)C2CCCCC2)C1. The van der Waals surface area contributed by atoms with Crippen molar-refractivity contribution < 1.29 is 4.79 Å². The minimum absolute atomic E-state index is 0.000626. The second-order valence-corrected chi connectivity index (χ2v) is 5.51. The van der Waals surface area contributed by atoms with Crippen LogP contribution in [-0.2, 0) is 4.79 Å². The molecule has 1 saturated heterocycles. The summed E-state index contributed by atoms with van der Waals surface area (Å²) in [7, 11) is 4.07. The average molecular weight is 239 g/mol. The van der Waals surface area contributed by atoms with Gasteiger partial charge in [-0.15, -0.1) is 0 Å². The minimum Gasteiger partial charge on any atom is -0.341 e. The van der Waals surface area contributed by atoms with Gasteiger partial charge in [-0.25, -0.2) is 0 Å². The normalized spacial score (nSPS) is 28.0. The van der Waals surface area contributed by atoms with Gasteiger partial charge in [0.05, 0.1) is 6.04 Å². The van der Waals surface area contributed by atoms with Crippen molar-refractivity contribution in [2.24, 2.45) is 0 Å². The molecule has 0 spiro atoms. The van der Waals surface area contributed by atoms with Crippen LogP contribution in [-0.4, -0.2) is 61.5 Å². The number of carbonyl (C=O) groups excluding carboxylic acids is 1. The summed E-state index contributed by atoms with van der Waals surface area (Å²) in [4.78, 5) is 16.6. The molecule has 98 valence electrons. The van der Waals surface area contributed by atoms with E-state index in [0.717, 1.165) is 19.6 Å². The van der Waals surface area contributed by atoms with Gasteiger partial charge in [-0.05, 0) is 19.9 Å². The third-order valence-electron chi connectivity index (χ3n) is 4.15. The van der Waals surface area contributed by atoms with E-state index in [4.69, 9.17) is 0 Å². The van der Waals surface area contributed by atoms with Crippen molar-refractivity contribution in [3.8, 4) is 0 Å². The molecule has 17 heavy (non-hydrogen) atoms. The lowest BCUT2D eigenvalue weighted by Crippen LogP contribution is -2.57. The van der Waals surface area contributed by atoms with Crippen LogP contribution in [0.4, 0.5) is 0 Å². The highest BCUT2D eigenvalue weighted by Crippen LogP contribution is 2.22. The fourth-order valence-corrected chi connectivity index (χ4v) is 2.96. The highest BCUT2D eigenvalue weighted by molar-refractivity contribution is 5.82. The number of likely N-dealkylation sites (N-methyl/N-ethyl adjacent to an activating group) is 2. The first-order chi connectivity index (χ1) is 8.18. The van der Waals surface area contributed by atoms with Crippen molar-refractivity contribution in [3.63, 3.8) is 0 Å². The number of nitrogens with one attached hydrogen (secondary N) is 1. The molecule has 1 amide bonds. The molecule has 2 fully saturated rings. The maximum atomic E-state index is 12.4. The van der Waals surface area contributed by atoms with Gasteiger partial charge in [0.15, 0.2) is 0 Å². The second-order valence-electron chi connectivity index (χ2n) is 5.51. The van der Waals surface area contributed by atoms with Gasteiger partial charge in [-0.2, -0.15) is 0 Å². The van der Waals surface area contributed by atoms with Crippen molar-refractivity contribution in [1.29, 1.82) is 0 Å². The lowest BCUT2D eigenvalue weighted by molar-refractivity contribution is -0.135. The van der Waals surface area contributed by atoms with E-state index in [-0.39, 0.29) is 11.9 Å². The zero-order chi connectivity index (χ0) is 12.3. The van der Waals surface area contributed by atoms with Crippen molar-refractivity contribution >= 4 is 5.91 Å². The van der Waals surface area contributed by atoms with Gasteiger partial charge in [-0.3, -0.25) is 4.79 Å². The van der Waals surface area contributed by atoms with Crippen LogP contribution in [0.5, 0.6) is 0 Å². The predicted molar refractivity (Wildman–Crippen MR) is 68.9 cm³/mol. The first kappa shape index (κ1) is 12.8. The smallest absolute Gasteiger partial charge is 0.241 e. The van der Waals surface area contributed by atoms with Gasteiger partial charge in [0, 0.05) is 32.7 Å². The van der Waals surface area contributed by atoms with Crippen molar-refractivity contribution in [2.45, 2.75) is 44.2 Å². The molecule has 1 atom stereocenters. The molecule has 1 unspecified atom stereocenters. The zero-order valence-corrected chi connectivity index (χ0v) is 11.1. The summed E-state index contributed by atoms with van der Waals surface area (Å²) >= 11 is 0. The van der Waals surface area contributed by atoms with Crippen LogP contribution in [0, 0.1) is 0 Å². The Balaban J connectivity index is 1.89. The standard InChI is InChI=1S/C13H25N3O/c1-15-9-8-14-12(10-15)13(17)16(2)11-6-4-3-5-7-11/h11-12,14H,3-10H2,1-2H3. The van der Waals surface area contributed by atoms with E-state index in [1.165, 1.54) is 32.1 Å². The fourth-order valence-electron chi connectivity index (χ4n) is 2.96. The average Bonchev–Trinajstić information content (AvgIpc) is 2.38. The molecule has 0 bridgehead atoms. The number of piperazine rings is 1. The highest BCUT2D eigenvalue weighted by atomic mass is 16.2. The van der Waals surface area contributed by atoms with Gasteiger partial charge in [-0.1, -0.05) is 19.3 Å². The Bertz CT molecular complexity index is 263. The number of hydrogen-bond acceptors (Lipinski definition) is 3. The van der Waals surface area contributed by atoms with Gasteiger partial charge < -0.3 is 15.1 Å². The molecule has 0 aromatic rings. The third-order valence-corrected chi connectivity index (χ3v) is 4.15. The second kappa shape index (κ2) is 5.83. The molecule has 0 aromatic heterocycles. The van der Waals surface area contributed by atoms with Crippen LogP contribution < -0.4 is 5.32 Å². The summed E-state index contributed by atoms with van der Waals surface area (Å²) in [5, 5.41) is 3.34. The molecule has 0 radical (unpaired) electrons. The molecule has 1 saturated carbocycles. The first-order valence-electron chi connectivity index (χ1n) is 6.87. The minimum atomic E-state index is 0.000626. The quantitative estimate of drug-likeness (QED) is 0.770. The van der Waals surface area contributed by atoms with Crippen LogP contribution in [0.3, 0.4) is 0 Å². The van der Waals surface area contributed by atoms with Crippen molar-refractivity contribution in [3.05, 3.63) is 0 Å². The van der Waals surface area contributed by atoms with E-state index < -0.39 is 0 Å². The fraction of sp³-hybridized carbons (Fsp3) is 0.923. The Morgan fingerprint density at radius 2 is 2.00 bits per heavy atom. The zero-order valence-electron chi connectivity index (χ0n) is 11.1. The Morgan fingerprint density at radius 1 is 1.29 bits per heavy atom. The number of rotatable bonds is 2. The predicted octanol–water partition coefficient (Wildman–Crippen LogP) is 0.681. The summed E-state index contributed by atoms with van der Waals surface area (Å²) in [5.74, 6) is 0.281. The summed E-state index contributed by atoms with van der Waals surface area (Å²) in [6.45, 7) is 2.80. The molecule has 4 heteroatoms. The molecule has 0 aromatic carbocycles. The molecule has 1 aliphatic carbocycles. The van der Waals surface area contributed by atoms with Crippen LogP contribution in [0.15, 0.2) is 0 Å². The molecule has 1 N–H and O–H groups in total. The molecule has 1 aliphatic heterocycles. The molecule has 4 nitrogen and oxygen atoms in total. The lowest BCUT2D eigenvalue weighted by Gasteiger charge is -2.37. The van der Waals surface area contributed by atoms with Crippen molar-refractivity contribution in [2.75, 3.05) is 33.7 Å². The van der Waals surface area contributed by atoms with Crippen LogP contribution in [0.25, 0.3) is 0 Å². The van der Waals surface area contributed by atoms with Crippen LogP contribution >= 0.6 is 0 Å². The summed E-state index contributed by atoms with van der Waals surface area (Å²) < 4.78 is 0. The molecule has 2 rings (SSSR count). The summed E-state index contributed by atoms with van der Waals surface area (Å²) in [6, 6.07) is 0.478. The van der Waals surface area contributed by atoms with Gasteiger partial charge >= 0.3 is 0 Å². The molecule has 1 heterocycles. The van der Waals surface area contributed by atoms with Crippen LogP contribution in [0.2, 0.25) is 0 Å². The summed E-state index contributed by atoms with van der Waals surface area (Å²) in [5.41, 5.74) is 0. The number of amides is 1. The van der Waals surface area contributed by atoms with Gasteiger partial charge in [0.25, 0.3) is 0 Å². The monoisotopic (exact) mass is 239 g/mol. The largest absolute Gasteiger partial charge is 0.341 e. The molecular formula is C13H25N3O. The van der Waals surface area contributed by atoms with E-state index in [0.29, 0.717) is 6.04 Å². The highest BCUT2D eigenvalue weighted by Gasteiger charge is 2.29. The van der Waals surface area contributed by atoms with E-state index >= 15 is 0 Å². The number of nitrogens with zero attached hydrogens (tertiary/aromatic N) is 2. The third kappa shape index (κ3) is 3.19. The molecular weight excluding hydrogens is 214 g/mol. The maximum Gasteiger partial charge on any atom is 0.241 e. The summed E-state index contributed by atoms with van der Waals surface area (Å²) in [6.07, 6.45) is 6.26. The molecule has 2 aliphatic rings. The number of hydrogen-bond donors (Lipinski definition) is 1. The maximum absolute atomic E-state index is 12.4. The first-order valence-corrected chi connectivity index (χ1v) is 6.87. The Morgan fingerprint density at radius 3 is 2.65 bits per heavy atom. The Kier molecular flexibility index (Phi) is 4.40. The van der Waals surface area contributed by atoms with E-state index in [1.807, 2.05) is 11.9 Å². The van der Waals surface area contributed by atoms with E-state index in [1.54, 1.807) is 0 Å². The van der Waals surface area contributed by atoms with Crippen molar-refractivity contribution in [1.82, 2.24) is 15.1 Å². The van der Waals surface area contributed by atoms with E-state index in [2.05, 4.69) is 17.3 Å².